The van der Waals surface area contributed by atoms with Gasteiger partial charge in [0.25, 0.3) is 0 Å². The summed E-state index contributed by atoms with van der Waals surface area (Å²) in [5.74, 6) is 1.56. The molecule has 3 aromatic rings. The van der Waals surface area contributed by atoms with Crippen molar-refractivity contribution in [3.05, 3.63) is 112 Å². The van der Waals surface area contributed by atoms with Crippen LogP contribution in [0.4, 0.5) is 0 Å². The van der Waals surface area contributed by atoms with Gasteiger partial charge in [0.1, 0.15) is 8.80 Å². The molecular formula is C33H39Si. The van der Waals surface area contributed by atoms with E-state index in [1.807, 2.05) is 0 Å². The van der Waals surface area contributed by atoms with Gasteiger partial charge in [-0.3, -0.25) is 0 Å². The van der Waals surface area contributed by atoms with E-state index in [0.29, 0.717) is 17.8 Å². The molecule has 1 aliphatic carbocycles. The lowest BCUT2D eigenvalue weighted by Crippen LogP contribution is -2.44. The summed E-state index contributed by atoms with van der Waals surface area (Å²) in [5.41, 5.74) is 10.3. The molecule has 0 saturated heterocycles. The Labute approximate surface area is 209 Å². The number of hydrogen-bond acceptors (Lipinski definition) is 0. The molecule has 0 saturated carbocycles. The van der Waals surface area contributed by atoms with Gasteiger partial charge < -0.3 is 0 Å². The largest absolute Gasteiger partial charge is 0.122 e. The predicted octanol–water partition coefficient (Wildman–Crippen LogP) is 7.98. The van der Waals surface area contributed by atoms with Crippen LogP contribution in [0.5, 0.6) is 0 Å². The highest BCUT2D eigenvalue weighted by atomic mass is 28.3. The third-order valence-electron chi connectivity index (χ3n) is 7.73. The van der Waals surface area contributed by atoms with Gasteiger partial charge in [0.05, 0.1) is 0 Å². The van der Waals surface area contributed by atoms with Crippen molar-refractivity contribution in [2.24, 2.45) is 5.92 Å². The Kier molecular flexibility index (Phi) is 7.43. The maximum Gasteiger partial charge on any atom is 0.122 e. The molecule has 1 unspecified atom stereocenters. The Hall–Kier alpha value is -2.64. The Bertz CT molecular complexity index is 1160. The second kappa shape index (κ2) is 10.3. The zero-order valence-corrected chi connectivity index (χ0v) is 22.9. The van der Waals surface area contributed by atoms with E-state index in [-0.39, 0.29) is 0 Å². The maximum atomic E-state index is 2.50. The molecule has 0 heterocycles. The maximum absolute atomic E-state index is 2.50. The Morgan fingerprint density at radius 1 is 0.647 bits per heavy atom. The quantitative estimate of drug-likeness (QED) is 0.312. The van der Waals surface area contributed by atoms with Crippen molar-refractivity contribution in [2.75, 3.05) is 0 Å². The first kappa shape index (κ1) is 24.5. The summed E-state index contributed by atoms with van der Waals surface area (Å²) in [5, 5.41) is 3.08. The van der Waals surface area contributed by atoms with Crippen LogP contribution in [0.1, 0.15) is 77.0 Å². The van der Waals surface area contributed by atoms with E-state index in [0.717, 1.165) is 0 Å². The van der Waals surface area contributed by atoms with Crippen molar-refractivity contribution in [1.82, 2.24) is 0 Å². The summed E-state index contributed by atoms with van der Waals surface area (Å²) in [6.07, 6.45) is 0. The molecule has 1 radical (unpaired) electrons. The van der Waals surface area contributed by atoms with Gasteiger partial charge in [-0.05, 0) is 72.1 Å². The minimum absolute atomic E-state index is 0.474. The molecule has 4 rings (SSSR count). The van der Waals surface area contributed by atoms with E-state index in [1.165, 1.54) is 39.5 Å². The molecule has 0 amide bonds. The fraction of sp³-hybridized carbons (Fsp3) is 0.333. The summed E-state index contributed by atoms with van der Waals surface area (Å²) in [6, 6.07) is 31.2. The highest BCUT2D eigenvalue weighted by molar-refractivity contribution is 6.85. The zero-order chi connectivity index (χ0) is 24.4. The molecule has 3 aromatic carbocycles. The van der Waals surface area contributed by atoms with Crippen LogP contribution in [0, 0.1) is 5.92 Å². The van der Waals surface area contributed by atoms with Crippen LogP contribution < -0.4 is 10.4 Å². The highest BCUT2D eigenvalue weighted by Crippen LogP contribution is 2.45. The summed E-state index contributed by atoms with van der Waals surface area (Å²) in [7, 11) is -0.980. The fourth-order valence-electron chi connectivity index (χ4n) is 5.31. The van der Waals surface area contributed by atoms with Crippen LogP contribution >= 0.6 is 0 Å². The average Bonchev–Trinajstić information content (AvgIpc) is 3.06. The van der Waals surface area contributed by atoms with Gasteiger partial charge in [0.2, 0.25) is 0 Å². The third-order valence-corrected chi connectivity index (χ3v) is 10.6. The fourth-order valence-corrected chi connectivity index (χ4v) is 8.30. The van der Waals surface area contributed by atoms with Crippen molar-refractivity contribution in [3.8, 4) is 0 Å². The molecule has 0 N–H and O–H groups in total. The minimum Gasteiger partial charge on any atom is -0.0629 e. The standard InChI is InChI=1S/C33H39Si/c1-22(2)28-15-11-17-30(19-28)34(31-18-12-16-29(20-31)23(3)4)21-32-25(6)24(5)26(7)33(32)27-13-9-8-10-14-27/h8-20,22-23,32H,21H2,1-7H3. The van der Waals surface area contributed by atoms with Crippen LogP contribution in [0.15, 0.2) is 95.6 Å². The number of benzene rings is 3. The van der Waals surface area contributed by atoms with Crippen molar-refractivity contribution in [1.29, 1.82) is 0 Å². The Balaban J connectivity index is 1.83. The smallest absolute Gasteiger partial charge is 0.0629 e. The molecule has 1 atom stereocenters. The van der Waals surface area contributed by atoms with Crippen molar-refractivity contribution in [3.63, 3.8) is 0 Å². The van der Waals surface area contributed by atoms with Gasteiger partial charge in [-0.15, -0.1) is 0 Å². The molecule has 1 aliphatic rings. The van der Waals surface area contributed by atoms with Crippen molar-refractivity contribution >= 4 is 24.7 Å². The van der Waals surface area contributed by atoms with E-state index < -0.39 is 8.80 Å². The third kappa shape index (κ3) is 4.91. The van der Waals surface area contributed by atoms with E-state index in [2.05, 4.69) is 127 Å². The topological polar surface area (TPSA) is 0 Å². The Morgan fingerprint density at radius 2 is 1.18 bits per heavy atom. The highest BCUT2D eigenvalue weighted by Gasteiger charge is 2.32. The second-order valence-corrected chi connectivity index (χ2v) is 13.0. The Morgan fingerprint density at radius 3 is 1.68 bits per heavy atom. The van der Waals surface area contributed by atoms with Crippen molar-refractivity contribution < 1.29 is 0 Å². The van der Waals surface area contributed by atoms with Crippen LogP contribution in [0.25, 0.3) is 5.57 Å². The lowest BCUT2D eigenvalue weighted by atomic mass is 9.91. The lowest BCUT2D eigenvalue weighted by molar-refractivity contribution is 0.865. The first-order chi connectivity index (χ1) is 16.3. The van der Waals surface area contributed by atoms with Gasteiger partial charge >= 0.3 is 0 Å². The molecule has 0 aliphatic heterocycles. The van der Waals surface area contributed by atoms with Crippen LogP contribution in [-0.4, -0.2) is 8.80 Å². The summed E-state index contributed by atoms with van der Waals surface area (Å²) in [6.45, 7) is 16.2. The summed E-state index contributed by atoms with van der Waals surface area (Å²) in [4.78, 5) is 0. The molecule has 0 spiro atoms. The molecular weight excluding hydrogens is 424 g/mol. The van der Waals surface area contributed by atoms with Crippen LogP contribution in [0.2, 0.25) is 6.04 Å². The SMILES string of the molecule is CC1=C(C)C(C[Si](c2cccc(C(C)C)c2)c2cccc(C(C)C)c2)C(c2ccccc2)=C1C. The molecule has 0 fully saturated rings. The van der Waals surface area contributed by atoms with Gasteiger partial charge in [-0.1, -0.05) is 123 Å². The van der Waals surface area contributed by atoms with Gasteiger partial charge in [0.15, 0.2) is 0 Å². The molecule has 0 nitrogen and oxygen atoms in total. The second-order valence-electron chi connectivity index (χ2n) is 10.5. The van der Waals surface area contributed by atoms with Crippen LogP contribution in [-0.2, 0) is 0 Å². The van der Waals surface area contributed by atoms with Crippen LogP contribution in [0.3, 0.4) is 0 Å². The van der Waals surface area contributed by atoms with Gasteiger partial charge in [-0.25, -0.2) is 0 Å². The summed E-state index contributed by atoms with van der Waals surface area (Å²) < 4.78 is 0. The van der Waals surface area contributed by atoms with E-state index in [4.69, 9.17) is 0 Å². The molecule has 175 valence electrons. The van der Waals surface area contributed by atoms with E-state index >= 15 is 0 Å². The molecule has 34 heavy (non-hydrogen) atoms. The van der Waals surface area contributed by atoms with Gasteiger partial charge in [-0.2, -0.15) is 0 Å². The number of hydrogen-bond donors (Lipinski definition) is 0. The predicted molar refractivity (Wildman–Crippen MR) is 152 cm³/mol. The first-order valence-electron chi connectivity index (χ1n) is 12.8. The number of rotatable bonds is 7. The normalized spacial score (nSPS) is 16.5. The molecule has 0 bridgehead atoms. The lowest BCUT2D eigenvalue weighted by Gasteiger charge is -2.25. The molecule has 0 aromatic heterocycles. The first-order valence-corrected chi connectivity index (χ1v) is 14.5. The van der Waals surface area contributed by atoms with E-state index in [1.54, 1.807) is 15.9 Å². The monoisotopic (exact) mass is 463 g/mol. The summed E-state index contributed by atoms with van der Waals surface area (Å²) >= 11 is 0. The average molecular weight is 464 g/mol. The molecule has 1 heteroatoms. The zero-order valence-electron chi connectivity index (χ0n) is 21.9. The van der Waals surface area contributed by atoms with Crippen molar-refractivity contribution in [2.45, 2.75) is 66.3 Å². The minimum atomic E-state index is -0.980. The van der Waals surface area contributed by atoms with E-state index in [9.17, 15) is 0 Å². The van der Waals surface area contributed by atoms with Gasteiger partial charge in [0, 0.05) is 5.92 Å². The number of allylic oxidation sites excluding steroid dienone is 4.